The van der Waals surface area contributed by atoms with E-state index in [1.165, 1.54) is 0 Å². The molecule has 1 atom stereocenters. The molecule has 1 aromatic rings. The van der Waals surface area contributed by atoms with E-state index in [0.29, 0.717) is 0 Å². The fourth-order valence-electron chi connectivity index (χ4n) is 1.29. The van der Waals surface area contributed by atoms with Gasteiger partial charge in [0.15, 0.2) is 0 Å². The summed E-state index contributed by atoms with van der Waals surface area (Å²) >= 11 is 2.10. The molecule has 3 nitrogen and oxygen atoms in total. The highest BCUT2D eigenvalue weighted by Crippen LogP contribution is 2.27. The molecule has 0 radical (unpaired) electrons. The molecule has 0 heterocycles. The van der Waals surface area contributed by atoms with Crippen molar-refractivity contribution in [2.24, 2.45) is 0 Å². The zero-order valence-electron chi connectivity index (χ0n) is 7.70. The molecule has 0 amide bonds. The highest BCUT2D eigenvalue weighted by molar-refractivity contribution is 14.1. The summed E-state index contributed by atoms with van der Waals surface area (Å²) in [6, 6.07) is 4.98. The maximum absolute atomic E-state index is 10.5. The molecule has 14 heavy (non-hydrogen) atoms. The Labute approximate surface area is 95.9 Å². The molecule has 0 spiro atoms. The van der Waals surface area contributed by atoms with Gasteiger partial charge in [-0.1, -0.05) is 13.0 Å². The molecule has 0 aromatic heterocycles. The Bertz CT molecular complexity index is 349. The predicted molar refractivity (Wildman–Crippen MR) is 61.5 cm³/mol. The number of phenols is 1. The van der Waals surface area contributed by atoms with Crippen LogP contribution in [0.4, 0.5) is 0 Å². The van der Waals surface area contributed by atoms with Crippen LogP contribution < -0.4 is 0 Å². The second kappa shape index (κ2) is 4.63. The SMILES string of the molecule is CC(CC(=O)O)c1ccc(O)cc1I. The Kier molecular flexibility index (Phi) is 3.74. The molecule has 0 bridgehead atoms. The van der Waals surface area contributed by atoms with Gasteiger partial charge in [0.2, 0.25) is 0 Å². The largest absolute Gasteiger partial charge is 0.508 e. The molecule has 0 saturated carbocycles. The summed E-state index contributed by atoms with van der Waals surface area (Å²) in [5, 5.41) is 17.8. The first kappa shape index (κ1) is 11.3. The van der Waals surface area contributed by atoms with E-state index < -0.39 is 5.97 Å². The molecule has 76 valence electrons. The number of halogens is 1. The van der Waals surface area contributed by atoms with Crippen molar-refractivity contribution in [1.82, 2.24) is 0 Å². The first-order valence-electron chi connectivity index (χ1n) is 4.21. The third-order valence-electron chi connectivity index (χ3n) is 2.00. The topological polar surface area (TPSA) is 57.5 Å². The third-order valence-corrected chi connectivity index (χ3v) is 2.93. The standard InChI is InChI=1S/C10H11IO3/c1-6(4-10(13)14)8-3-2-7(12)5-9(8)11/h2-3,5-6,12H,4H2,1H3,(H,13,14). The first-order chi connectivity index (χ1) is 6.50. The Morgan fingerprint density at radius 3 is 2.71 bits per heavy atom. The fourth-order valence-corrected chi connectivity index (χ4v) is 2.32. The Morgan fingerprint density at radius 2 is 2.21 bits per heavy atom. The number of aliphatic carboxylic acids is 1. The number of phenolic OH excluding ortho intramolecular Hbond substituents is 1. The van der Waals surface area contributed by atoms with Crippen LogP contribution in [0.1, 0.15) is 24.8 Å². The van der Waals surface area contributed by atoms with Crippen LogP contribution in [-0.4, -0.2) is 16.2 Å². The minimum atomic E-state index is -0.804. The first-order valence-corrected chi connectivity index (χ1v) is 5.28. The second-order valence-corrected chi connectivity index (χ2v) is 4.37. The van der Waals surface area contributed by atoms with E-state index in [-0.39, 0.29) is 18.1 Å². The number of carboxylic acids is 1. The van der Waals surface area contributed by atoms with E-state index in [2.05, 4.69) is 22.6 Å². The van der Waals surface area contributed by atoms with E-state index in [1.807, 2.05) is 6.92 Å². The van der Waals surface area contributed by atoms with Gasteiger partial charge in [0, 0.05) is 3.57 Å². The van der Waals surface area contributed by atoms with Crippen molar-refractivity contribution in [3.63, 3.8) is 0 Å². The molecule has 4 heteroatoms. The zero-order chi connectivity index (χ0) is 10.7. The van der Waals surface area contributed by atoms with Crippen molar-refractivity contribution in [2.75, 3.05) is 0 Å². The van der Waals surface area contributed by atoms with Gasteiger partial charge in [0.1, 0.15) is 5.75 Å². The van der Waals surface area contributed by atoms with E-state index in [4.69, 9.17) is 5.11 Å². The summed E-state index contributed by atoms with van der Waals surface area (Å²) in [6.45, 7) is 1.86. The summed E-state index contributed by atoms with van der Waals surface area (Å²) < 4.78 is 0.899. The van der Waals surface area contributed by atoms with Crippen molar-refractivity contribution in [3.05, 3.63) is 27.3 Å². The van der Waals surface area contributed by atoms with Crippen molar-refractivity contribution in [3.8, 4) is 5.75 Å². The smallest absolute Gasteiger partial charge is 0.303 e. The molecule has 2 N–H and O–H groups in total. The van der Waals surface area contributed by atoms with Crippen LogP contribution >= 0.6 is 22.6 Å². The fraction of sp³-hybridized carbons (Fsp3) is 0.300. The van der Waals surface area contributed by atoms with Gasteiger partial charge in [-0.15, -0.1) is 0 Å². The lowest BCUT2D eigenvalue weighted by atomic mass is 9.98. The van der Waals surface area contributed by atoms with Crippen LogP contribution in [0, 0.1) is 3.57 Å². The lowest BCUT2D eigenvalue weighted by molar-refractivity contribution is -0.137. The molecule has 1 unspecified atom stereocenters. The van der Waals surface area contributed by atoms with Crippen molar-refractivity contribution >= 4 is 28.6 Å². The van der Waals surface area contributed by atoms with Gasteiger partial charge in [-0.25, -0.2) is 0 Å². The van der Waals surface area contributed by atoms with Gasteiger partial charge in [-0.3, -0.25) is 4.79 Å². The van der Waals surface area contributed by atoms with Crippen LogP contribution in [0.2, 0.25) is 0 Å². The van der Waals surface area contributed by atoms with Gasteiger partial charge in [-0.2, -0.15) is 0 Å². The minimum Gasteiger partial charge on any atom is -0.508 e. The van der Waals surface area contributed by atoms with E-state index >= 15 is 0 Å². The van der Waals surface area contributed by atoms with Crippen molar-refractivity contribution < 1.29 is 15.0 Å². The number of hydrogen-bond acceptors (Lipinski definition) is 2. The van der Waals surface area contributed by atoms with Crippen molar-refractivity contribution in [1.29, 1.82) is 0 Å². The van der Waals surface area contributed by atoms with E-state index in [1.54, 1.807) is 18.2 Å². The van der Waals surface area contributed by atoms with Crippen LogP contribution in [0.3, 0.4) is 0 Å². The molecular formula is C10H11IO3. The maximum atomic E-state index is 10.5. The van der Waals surface area contributed by atoms with Crippen LogP contribution in [-0.2, 0) is 4.79 Å². The number of aromatic hydroxyl groups is 1. The molecule has 0 aliphatic carbocycles. The quantitative estimate of drug-likeness (QED) is 0.844. The number of carbonyl (C=O) groups is 1. The van der Waals surface area contributed by atoms with Gasteiger partial charge >= 0.3 is 5.97 Å². The normalized spacial score (nSPS) is 12.4. The van der Waals surface area contributed by atoms with Crippen molar-refractivity contribution in [2.45, 2.75) is 19.3 Å². The summed E-state index contributed by atoms with van der Waals surface area (Å²) in [5.74, 6) is -0.623. The molecular weight excluding hydrogens is 295 g/mol. The summed E-state index contributed by atoms with van der Waals surface area (Å²) in [4.78, 5) is 10.5. The second-order valence-electron chi connectivity index (χ2n) is 3.20. The third kappa shape index (κ3) is 2.87. The molecule has 1 rings (SSSR count). The zero-order valence-corrected chi connectivity index (χ0v) is 9.85. The summed E-state index contributed by atoms with van der Waals surface area (Å²) in [7, 11) is 0. The predicted octanol–water partition coefficient (Wildman–Crippen LogP) is 2.58. The average molecular weight is 306 g/mol. The molecule has 0 aliphatic rings. The Balaban J connectivity index is 2.90. The van der Waals surface area contributed by atoms with Crippen LogP contribution in [0.25, 0.3) is 0 Å². The van der Waals surface area contributed by atoms with Gasteiger partial charge in [0.05, 0.1) is 6.42 Å². The molecule has 0 saturated heterocycles. The number of carboxylic acid groups (broad SMARTS) is 1. The van der Waals surface area contributed by atoms with Gasteiger partial charge in [-0.05, 0) is 46.2 Å². The summed E-state index contributed by atoms with van der Waals surface area (Å²) in [6.07, 6.45) is 0.112. The highest BCUT2D eigenvalue weighted by atomic mass is 127. The van der Waals surface area contributed by atoms with Gasteiger partial charge < -0.3 is 10.2 Å². The number of hydrogen-bond donors (Lipinski definition) is 2. The monoisotopic (exact) mass is 306 g/mol. The molecule has 0 fully saturated rings. The minimum absolute atomic E-state index is 0.0278. The molecule has 1 aromatic carbocycles. The highest BCUT2D eigenvalue weighted by Gasteiger charge is 2.13. The van der Waals surface area contributed by atoms with E-state index in [0.717, 1.165) is 9.13 Å². The van der Waals surface area contributed by atoms with E-state index in [9.17, 15) is 9.90 Å². The Hall–Kier alpha value is -0.780. The van der Waals surface area contributed by atoms with Crippen LogP contribution in [0.15, 0.2) is 18.2 Å². The lowest BCUT2D eigenvalue weighted by Crippen LogP contribution is -2.04. The van der Waals surface area contributed by atoms with Crippen LogP contribution in [0.5, 0.6) is 5.75 Å². The average Bonchev–Trinajstić information content (AvgIpc) is 2.01. The summed E-state index contributed by atoms with van der Waals surface area (Å²) in [5.41, 5.74) is 0.964. The lowest BCUT2D eigenvalue weighted by Gasteiger charge is -2.11. The maximum Gasteiger partial charge on any atom is 0.303 e. The number of benzene rings is 1. The number of rotatable bonds is 3. The Morgan fingerprint density at radius 1 is 1.57 bits per heavy atom. The molecule has 0 aliphatic heterocycles. The van der Waals surface area contributed by atoms with Gasteiger partial charge in [0.25, 0.3) is 0 Å².